The summed E-state index contributed by atoms with van der Waals surface area (Å²) in [6, 6.07) is 8.19. The van der Waals surface area contributed by atoms with Crippen molar-refractivity contribution in [3.05, 3.63) is 41.1 Å². The zero-order chi connectivity index (χ0) is 18.3. The molecule has 2 aromatic rings. The fourth-order valence-electron chi connectivity index (χ4n) is 4.52. The predicted octanol–water partition coefficient (Wildman–Crippen LogP) is 3.37. The van der Waals surface area contributed by atoms with Gasteiger partial charge in [-0.1, -0.05) is 6.07 Å². The SMILES string of the molecule is Cc1ccc(-c2nnc(C(O)[C@@H]3CC[C@H]4CCCN4C3)cc2C)c(O)c1. The summed E-state index contributed by atoms with van der Waals surface area (Å²) in [4.78, 5) is 2.52. The standard InChI is InChI=1S/C21H27N3O2/c1-13-5-8-17(19(25)10-13)20-14(2)11-18(22-23-20)21(26)15-6-7-16-4-3-9-24(16)12-15/h5,8,10-11,15-16,21,25-26H,3-4,6-7,9,12H2,1-2H3/t15-,16-,21?/m1/s1. The van der Waals surface area contributed by atoms with Crippen LogP contribution in [0.3, 0.4) is 0 Å². The lowest BCUT2D eigenvalue weighted by Gasteiger charge is -2.37. The second-order valence-electron chi connectivity index (χ2n) is 7.89. The molecule has 0 spiro atoms. The van der Waals surface area contributed by atoms with Crippen molar-refractivity contribution in [3.8, 4) is 17.0 Å². The van der Waals surface area contributed by atoms with E-state index < -0.39 is 6.10 Å². The average Bonchev–Trinajstić information content (AvgIpc) is 3.09. The van der Waals surface area contributed by atoms with Gasteiger partial charge >= 0.3 is 0 Å². The van der Waals surface area contributed by atoms with Crippen LogP contribution >= 0.6 is 0 Å². The van der Waals surface area contributed by atoms with Crippen molar-refractivity contribution in [1.82, 2.24) is 15.1 Å². The Hall–Kier alpha value is -1.98. The summed E-state index contributed by atoms with van der Waals surface area (Å²) in [7, 11) is 0. The second-order valence-corrected chi connectivity index (χ2v) is 7.89. The highest BCUT2D eigenvalue weighted by Gasteiger charge is 2.35. The quantitative estimate of drug-likeness (QED) is 0.885. The topological polar surface area (TPSA) is 69.5 Å². The summed E-state index contributed by atoms with van der Waals surface area (Å²) in [6.07, 6.45) is 4.22. The van der Waals surface area contributed by atoms with Crippen LogP contribution in [0.25, 0.3) is 11.3 Å². The van der Waals surface area contributed by atoms with E-state index in [0.29, 0.717) is 17.0 Å². The van der Waals surface area contributed by atoms with Crippen LogP contribution in [0.15, 0.2) is 24.3 Å². The summed E-state index contributed by atoms with van der Waals surface area (Å²) in [5.41, 5.74) is 3.91. The number of piperidine rings is 1. The third-order valence-corrected chi connectivity index (χ3v) is 6.00. The van der Waals surface area contributed by atoms with E-state index in [1.165, 1.54) is 19.3 Å². The van der Waals surface area contributed by atoms with E-state index >= 15 is 0 Å². The predicted molar refractivity (Wildman–Crippen MR) is 101 cm³/mol. The molecule has 138 valence electrons. The Morgan fingerprint density at radius 1 is 1.12 bits per heavy atom. The number of rotatable bonds is 3. The molecule has 2 saturated heterocycles. The first-order valence-corrected chi connectivity index (χ1v) is 9.59. The number of nitrogens with zero attached hydrogens (tertiary/aromatic N) is 3. The van der Waals surface area contributed by atoms with Gasteiger partial charge < -0.3 is 15.1 Å². The van der Waals surface area contributed by atoms with Crippen LogP contribution < -0.4 is 0 Å². The van der Waals surface area contributed by atoms with Crippen LogP contribution in [0.2, 0.25) is 0 Å². The number of hydrogen-bond donors (Lipinski definition) is 2. The summed E-state index contributed by atoms with van der Waals surface area (Å²) < 4.78 is 0. The van der Waals surface area contributed by atoms with E-state index in [1.807, 2.05) is 32.0 Å². The van der Waals surface area contributed by atoms with Crippen molar-refractivity contribution in [2.45, 2.75) is 51.7 Å². The van der Waals surface area contributed by atoms with Gasteiger partial charge in [0, 0.05) is 24.1 Å². The zero-order valence-electron chi connectivity index (χ0n) is 15.5. The van der Waals surface area contributed by atoms with E-state index in [0.717, 1.165) is 36.7 Å². The maximum atomic E-state index is 10.9. The Kier molecular flexibility index (Phi) is 4.67. The lowest BCUT2D eigenvalue weighted by atomic mass is 9.87. The third-order valence-electron chi connectivity index (χ3n) is 6.00. The molecule has 4 rings (SSSR count). The van der Waals surface area contributed by atoms with E-state index in [-0.39, 0.29) is 11.7 Å². The number of aliphatic hydroxyl groups excluding tert-OH is 1. The first-order chi connectivity index (χ1) is 12.5. The zero-order valence-corrected chi connectivity index (χ0v) is 15.5. The monoisotopic (exact) mass is 353 g/mol. The van der Waals surface area contributed by atoms with Gasteiger partial charge in [-0.25, -0.2) is 0 Å². The van der Waals surface area contributed by atoms with E-state index in [9.17, 15) is 10.2 Å². The molecule has 5 nitrogen and oxygen atoms in total. The number of aliphatic hydroxyl groups is 1. The van der Waals surface area contributed by atoms with E-state index in [2.05, 4.69) is 15.1 Å². The van der Waals surface area contributed by atoms with Gasteiger partial charge in [0.15, 0.2) is 0 Å². The summed E-state index contributed by atoms with van der Waals surface area (Å²) >= 11 is 0. The van der Waals surface area contributed by atoms with Crippen LogP contribution in [0.1, 0.15) is 48.6 Å². The molecule has 0 saturated carbocycles. The molecule has 0 bridgehead atoms. The van der Waals surface area contributed by atoms with Crippen LogP contribution in [-0.4, -0.2) is 44.4 Å². The minimum atomic E-state index is -0.580. The Balaban J connectivity index is 1.55. The second kappa shape index (κ2) is 6.97. The molecule has 3 atom stereocenters. The Morgan fingerprint density at radius 2 is 1.96 bits per heavy atom. The minimum Gasteiger partial charge on any atom is -0.507 e. The normalized spacial score (nSPS) is 24.4. The molecule has 1 unspecified atom stereocenters. The Bertz CT molecular complexity index is 808. The lowest BCUT2D eigenvalue weighted by Crippen LogP contribution is -2.41. The van der Waals surface area contributed by atoms with Crippen LogP contribution in [0, 0.1) is 19.8 Å². The summed E-state index contributed by atoms with van der Waals surface area (Å²) in [5.74, 6) is 0.430. The minimum absolute atomic E-state index is 0.211. The number of phenolic OH excluding ortho intramolecular Hbond substituents is 1. The fraction of sp³-hybridized carbons (Fsp3) is 0.524. The van der Waals surface area contributed by atoms with Gasteiger partial charge in [-0.15, -0.1) is 5.10 Å². The molecule has 3 heterocycles. The van der Waals surface area contributed by atoms with Crippen molar-refractivity contribution in [3.63, 3.8) is 0 Å². The number of fused-ring (bicyclic) bond motifs is 1. The first kappa shape index (κ1) is 17.4. The van der Waals surface area contributed by atoms with Gasteiger partial charge in [0.05, 0.1) is 11.4 Å². The number of hydrogen-bond acceptors (Lipinski definition) is 5. The number of aromatic nitrogens is 2. The van der Waals surface area contributed by atoms with E-state index in [4.69, 9.17) is 0 Å². The van der Waals surface area contributed by atoms with Crippen molar-refractivity contribution in [2.75, 3.05) is 13.1 Å². The van der Waals surface area contributed by atoms with E-state index in [1.54, 1.807) is 6.07 Å². The molecule has 1 aromatic carbocycles. The number of phenols is 1. The number of aryl methyl sites for hydroxylation is 2. The lowest BCUT2D eigenvalue weighted by molar-refractivity contribution is 0.0369. The van der Waals surface area contributed by atoms with Crippen molar-refractivity contribution < 1.29 is 10.2 Å². The maximum Gasteiger partial charge on any atom is 0.125 e. The molecule has 26 heavy (non-hydrogen) atoms. The average molecular weight is 353 g/mol. The van der Waals surface area contributed by atoms with Gasteiger partial charge in [-0.3, -0.25) is 0 Å². The highest BCUT2D eigenvalue weighted by Crippen LogP contribution is 2.36. The van der Waals surface area contributed by atoms with Crippen molar-refractivity contribution in [2.24, 2.45) is 5.92 Å². The van der Waals surface area contributed by atoms with Gasteiger partial charge in [0.2, 0.25) is 0 Å². The van der Waals surface area contributed by atoms with Gasteiger partial charge in [-0.05, 0) is 75.4 Å². The summed E-state index contributed by atoms with van der Waals surface area (Å²) in [6.45, 7) is 6.00. The van der Waals surface area contributed by atoms with Crippen LogP contribution in [0.4, 0.5) is 0 Å². The molecule has 2 N–H and O–H groups in total. The summed E-state index contributed by atoms with van der Waals surface area (Å²) in [5, 5.41) is 29.7. The van der Waals surface area contributed by atoms with Crippen LogP contribution in [-0.2, 0) is 0 Å². The fourth-order valence-corrected chi connectivity index (χ4v) is 4.52. The Morgan fingerprint density at radius 3 is 2.73 bits per heavy atom. The molecular weight excluding hydrogens is 326 g/mol. The molecule has 0 amide bonds. The van der Waals surface area contributed by atoms with Crippen molar-refractivity contribution in [1.29, 1.82) is 0 Å². The van der Waals surface area contributed by atoms with Crippen molar-refractivity contribution >= 4 is 0 Å². The molecule has 2 aliphatic rings. The molecule has 0 radical (unpaired) electrons. The highest BCUT2D eigenvalue weighted by atomic mass is 16.3. The van der Waals surface area contributed by atoms with Gasteiger partial charge in [0.25, 0.3) is 0 Å². The molecular formula is C21H27N3O2. The molecule has 1 aromatic heterocycles. The number of benzene rings is 1. The highest BCUT2D eigenvalue weighted by molar-refractivity contribution is 5.69. The first-order valence-electron chi connectivity index (χ1n) is 9.59. The third kappa shape index (κ3) is 3.21. The molecule has 2 aliphatic heterocycles. The maximum absolute atomic E-state index is 10.9. The largest absolute Gasteiger partial charge is 0.507 e. The van der Waals surface area contributed by atoms with Gasteiger partial charge in [-0.2, -0.15) is 5.10 Å². The molecule has 0 aliphatic carbocycles. The van der Waals surface area contributed by atoms with Crippen LogP contribution in [0.5, 0.6) is 5.75 Å². The van der Waals surface area contributed by atoms with Gasteiger partial charge in [0.1, 0.15) is 11.9 Å². The number of aromatic hydroxyl groups is 1. The smallest absolute Gasteiger partial charge is 0.125 e. The Labute approximate surface area is 154 Å². The molecule has 2 fully saturated rings. The molecule has 5 heteroatoms.